The molecule has 1 aromatic carbocycles. The summed E-state index contributed by atoms with van der Waals surface area (Å²) < 4.78 is 7.09. The van der Waals surface area contributed by atoms with Gasteiger partial charge in [-0.1, -0.05) is 6.07 Å². The molecule has 3 heterocycles. The van der Waals surface area contributed by atoms with Gasteiger partial charge in [0.1, 0.15) is 17.4 Å². The van der Waals surface area contributed by atoms with Crippen molar-refractivity contribution in [3.8, 4) is 11.4 Å². The number of ether oxygens (including phenoxy) is 1. The molecule has 7 heteroatoms. The Hall–Kier alpha value is -3.48. The third kappa shape index (κ3) is 3.19. The largest absolute Gasteiger partial charge is 0.497 e. The van der Waals surface area contributed by atoms with Crippen molar-refractivity contribution in [1.29, 1.82) is 0 Å². The van der Waals surface area contributed by atoms with Crippen LogP contribution in [0.5, 0.6) is 5.75 Å². The van der Waals surface area contributed by atoms with Crippen LogP contribution >= 0.6 is 0 Å². The second kappa shape index (κ2) is 6.79. The summed E-state index contributed by atoms with van der Waals surface area (Å²) in [5.74, 6) is 2.26. The first-order chi connectivity index (χ1) is 12.7. The van der Waals surface area contributed by atoms with E-state index in [1.807, 2.05) is 60.4 Å². The zero-order chi connectivity index (χ0) is 17.9. The van der Waals surface area contributed by atoms with Crippen molar-refractivity contribution in [3.63, 3.8) is 0 Å². The summed E-state index contributed by atoms with van der Waals surface area (Å²) in [6, 6.07) is 11.6. The number of anilines is 1. The van der Waals surface area contributed by atoms with E-state index in [0.717, 1.165) is 28.2 Å². The molecule has 26 heavy (non-hydrogen) atoms. The number of aromatic nitrogens is 5. The number of hydrogen-bond acceptors (Lipinski definition) is 6. The van der Waals surface area contributed by atoms with E-state index < -0.39 is 0 Å². The van der Waals surface area contributed by atoms with Gasteiger partial charge in [0, 0.05) is 30.6 Å². The predicted molar refractivity (Wildman–Crippen MR) is 99.5 cm³/mol. The quantitative estimate of drug-likeness (QED) is 0.598. The van der Waals surface area contributed by atoms with E-state index in [1.165, 1.54) is 0 Å². The highest BCUT2D eigenvalue weighted by atomic mass is 16.5. The molecule has 0 fully saturated rings. The summed E-state index contributed by atoms with van der Waals surface area (Å²) in [6.07, 6.45) is 5.55. The van der Waals surface area contributed by atoms with Crippen LogP contribution in [0.4, 0.5) is 5.82 Å². The van der Waals surface area contributed by atoms with E-state index in [-0.39, 0.29) is 0 Å². The van der Waals surface area contributed by atoms with Gasteiger partial charge in [0.15, 0.2) is 5.65 Å². The van der Waals surface area contributed by atoms with E-state index in [9.17, 15) is 0 Å². The molecule has 1 N–H and O–H groups in total. The Bertz CT molecular complexity index is 1060. The summed E-state index contributed by atoms with van der Waals surface area (Å²) >= 11 is 0. The molecule has 4 rings (SSSR count). The van der Waals surface area contributed by atoms with Crippen molar-refractivity contribution < 1.29 is 4.74 Å². The average molecular weight is 346 g/mol. The van der Waals surface area contributed by atoms with Gasteiger partial charge in [0.2, 0.25) is 0 Å². The van der Waals surface area contributed by atoms with Crippen LogP contribution in [0.2, 0.25) is 0 Å². The van der Waals surface area contributed by atoms with Gasteiger partial charge in [0.05, 0.1) is 24.4 Å². The highest BCUT2D eigenvalue weighted by Gasteiger charge is 2.07. The molecule has 4 aromatic rings. The first-order valence-electron chi connectivity index (χ1n) is 8.24. The van der Waals surface area contributed by atoms with E-state index in [0.29, 0.717) is 18.0 Å². The third-order valence-electron chi connectivity index (χ3n) is 4.00. The lowest BCUT2D eigenvalue weighted by molar-refractivity contribution is 0.414. The van der Waals surface area contributed by atoms with Gasteiger partial charge in [0.25, 0.3) is 0 Å². The lowest BCUT2D eigenvalue weighted by atomic mass is 10.3. The second-order valence-corrected chi connectivity index (χ2v) is 5.84. The summed E-state index contributed by atoms with van der Waals surface area (Å²) in [6.45, 7) is 2.46. The number of methoxy groups -OCH3 is 1. The number of rotatable bonds is 5. The van der Waals surface area contributed by atoms with Crippen LogP contribution in [0.1, 0.15) is 11.4 Å². The van der Waals surface area contributed by atoms with Gasteiger partial charge in [-0.25, -0.2) is 19.6 Å². The molecule has 130 valence electrons. The Kier molecular flexibility index (Phi) is 4.18. The Morgan fingerprint density at radius 1 is 1.15 bits per heavy atom. The number of benzene rings is 1. The maximum absolute atomic E-state index is 5.27. The second-order valence-electron chi connectivity index (χ2n) is 5.84. The van der Waals surface area contributed by atoms with E-state index in [2.05, 4.69) is 25.4 Å². The Morgan fingerprint density at radius 2 is 2.08 bits per heavy atom. The van der Waals surface area contributed by atoms with Gasteiger partial charge < -0.3 is 10.1 Å². The van der Waals surface area contributed by atoms with Crippen molar-refractivity contribution in [2.24, 2.45) is 0 Å². The minimum atomic E-state index is 0.602. The average Bonchev–Trinajstić information content (AvgIpc) is 3.15. The molecule has 0 saturated heterocycles. The molecule has 3 aromatic heterocycles. The summed E-state index contributed by atoms with van der Waals surface area (Å²) in [7, 11) is 1.65. The molecule has 0 aliphatic heterocycles. The zero-order valence-corrected chi connectivity index (χ0v) is 14.5. The van der Waals surface area contributed by atoms with Crippen LogP contribution in [-0.4, -0.2) is 31.8 Å². The smallest absolute Gasteiger partial charge is 0.164 e. The highest BCUT2D eigenvalue weighted by molar-refractivity contribution is 5.86. The number of hydrogen-bond donors (Lipinski definition) is 1. The maximum Gasteiger partial charge on any atom is 0.164 e. The maximum atomic E-state index is 5.27. The van der Waals surface area contributed by atoms with Crippen LogP contribution in [0.25, 0.3) is 16.7 Å². The molecule has 0 saturated carbocycles. The molecule has 0 aliphatic carbocycles. The molecule has 0 spiro atoms. The minimum Gasteiger partial charge on any atom is -0.497 e. The molecular formula is C19H18N6O. The zero-order valence-electron chi connectivity index (χ0n) is 14.5. The number of nitrogens with zero attached hydrogens (tertiary/aromatic N) is 5. The van der Waals surface area contributed by atoms with Crippen molar-refractivity contribution in [2.75, 3.05) is 12.4 Å². The van der Waals surface area contributed by atoms with E-state index in [4.69, 9.17) is 4.74 Å². The Labute approximate surface area is 150 Å². The summed E-state index contributed by atoms with van der Waals surface area (Å²) in [5.41, 5.74) is 2.68. The fraction of sp³-hybridized carbons (Fsp3) is 0.158. The van der Waals surface area contributed by atoms with Gasteiger partial charge >= 0.3 is 0 Å². The van der Waals surface area contributed by atoms with Gasteiger partial charge in [-0.05, 0) is 31.2 Å². The van der Waals surface area contributed by atoms with Crippen molar-refractivity contribution in [1.82, 2.24) is 24.7 Å². The summed E-state index contributed by atoms with van der Waals surface area (Å²) in [4.78, 5) is 13.2. The van der Waals surface area contributed by atoms with E-state index >= 15 is 0 Å². The van der Waals surface area contributed by atoms with Gasteiger partial charge in [-0.15, -0.1) is 0 Å². The molecule has 0 amide bonds. The van der Waals surface area contributed by atoms with Crippen molar-refractivity contribution >= 4 is 16.9 Å². The normalized spacial score (nSPS) is 10.8. The standard InChI is InChI=1S/C19H18N6O/c1-13-23-18-17(7-4-8-20-18)19(24-13)21-10-14-11-22-25(12-14)15-5-3-6-16(9-15)26-2/h3-9,11-12H,10H2,1-2H3,(H,20,21,23,24). The minimum absolute atomic E-state index is 0.602. The lowest BCUT2D eigenvalue weighted by Crippen LogP contribution is -2.04. The number of pyridine rings is 1. The molecule has 7 nitrogen and oxygen atoms in total. The van der Waals surface area contributed by atoms with Crippen LogP contribution < -0.4 is 10.1 Å². The van der Waals surface area contributed by atoms with Crippen molar-refractivity contribution in [2.45, 2.75) is 13.5 Å². The highest BCUT2D eigenvalue weighted by Crippen LogP contribution is 2.20. The molecular weight excluding hydrogens is 328 g/mol. The van der Waals surface area contributed by atoms with E-state index in [1.54, 1.807) is 13.3 Å². The molecule has 0 radical (unpaired) electrons. The monoisotopic (exact) mass is 346 g/mol. The van der Waals surface area contributed by atoms with Crippen LogP contribution in [-0.2, 0) is 6.54 Å². The summed E-state index contributed by atoms with van der Waals surface area (Å²) in [5, 5.41) is 8.69. The molecule has 0 aliphatic rings. The molecule has 0 unspecified atom stereocenters. The van der Waals surface area contributed by atoms with Crippen LogP contribution in [0.15, 0.2) is 55.0 Å². The molecule has 0 atom stereocenters. The Morgan fingerprint density at radius 3 is 2.96 bits per heavy atom. The molecule has 0 bridgehead atoms. The van der Waals surface area contributed by atoms with Gasteiger partial charge in [-0.2, -0.15) is 5.10 Å². The van der Waals surface area contributed by atoms with Crippen molar-refractivity contribution in [3.05, 3.63) is 66.4 Å². The lowest BCUT2D eigenvalue weighted by Gasteiger charge is -2.08. The first kappa shape index (κ1) is 16.0. The first-order valence-corrected chi connectivity index (χ1v) is 8.24. The SMILES string of the molecule is COc1cccc(-n2cc(CNc3nc(C)nc4ncccc34)cn2)c1. The third-order valence-corrected chi connectivity index (χ3v) is 4.00. The number of fused-ring (bicyclic) bond motifs is 1. The number of nitrogens with one attached hydrogen (secondary N) is 1. The van der Waals surface area contributed by atoms with Gasteiger partial charge in [-0.3, -0.25) is 0 Å². The fourth-order valence-electron chi connectivity index (χ4n) is 2.74. The van der Waals surface area contributed by atoms with Crippen LogP contribution in [0.3, 0.4) is 0 Å². The van der Waals surface area contributed by atoms with Crippen LogP contribution in [0, 0.1) is 6.92 Å². The fourth-order valence-corrected chi connectivity index (χ4v) is 2.74. The number of aryl methyl sites for hydroxylation is 1. The Balaban J connectivity index is 1.55. The predicted octanol–water partition coefficient (Wildman–Crippen LogP) is 3.14. The topological polar surface area (TPSA) is 77.8 Å².